The Kier molecular flexibility index (Phi) is 4.73. The van der Waals surface area contributed by atoms with Crippen LogP contribution in [0.2, 0.25) is 0 Å². The van der Waals surface area contributed by atoms with Crippen molar-refractivity contribution in [2.24, 2.45) is 0 Å². The zero-order valence-electron chi connectivity index (χ0n) is 13.9. The van der Waals surface area contributed by atoms with Crippen LogP contribution in [-0.2, 0) is 14.3 Å². The van der Waals surface area contributed by atoms with Crippen molar-refractivity contribution in [3.05, 3.63) is 41.6 Å². The number of aryl methyl sites for hydroxylation is 1. The minimum atomic E-state index is -2.70. The van der Waals surface area contributed by atoms with Crippen molar-refractivity contribution in [1.82, 2.24) is 9.97 Å². The van der Waals surface area contributed by atoms with Crippen LogP contribution in [0.25, 0.3) is 11.3 Å². The van der Waals surface area contributed by atoms with Gasteiger partial charge in [-0.25, -0.2) is 18.7 Å². The molecule has 5 nitrogen and oxygen atoms in total. The number of ether oxygens (including phenoxy) is 2. The number of fused-ring (bicyclic) bond motifs is 2. The Morgan fingerprint density at radius 1 is 1.23 bits per heavy atom. The Morgan fingerprint density at radius 2 is 2.00 bits per heavy atom. The lowest BCUT2D eigenvalue weighted by Gasteiger charge is -2.25. The quantitative estimate of drug-likeness (QED) is 0.758. The maximum absolute atomic E-state index is 13.3. The van der Waals surface area contributed by atoms with Gasteiger partial charge in [-0.1, -0.05) is 41.6 Å². The molecule has 0 aliphatic carbocycles. The molecule has 0 amide bonds. The lowest BCUT2D eigenvalue weighted by atomic mass is 10.1. The highest BCUT2D eigenvalue weighted by molar-refractivity contribution is 7.99. The van der Waals surface area contributed by atoms with Crippen LogP contribution in [0.4, 0.5) is 8.78 Å². The van der Waals surface area contributed by atoms with E-state index in [0.717, 1.165) is 11.1 Å². The number of ketones is 1. The van der Waals surface area contributed by atoms with Crippen molar-refractivity contribution < 1.29 is 23.0 Å². The molecule has 1 aromatic heterocycles. The average Bonchev–Trinajstić information content (AvgIpc) is 3.06. The molecule has 2 aliphatic heterocycles. The molecule has 0 N–H and O–H groups in total. The van der Waals surface area contributed by atoms with Gasteiger partial charge in [0.2, 0.25) is 6.29 Å². The zero-order chi connectivity index (χ0) is 18.3. The van der Waals surface area contributed by atoms with Crippen LogP contribution in [0, 0.1) is 6.92 Å². The molecule has 0 spiro atoms. The van der Waals surface area contributed by atoms with E-state index in [0.29, 0.717) is 12.3 Å². The van der Waals surface area contributed by atoms with Crippen LogP contribution >= 0.6 is 11.8 Å². The number of carbonyl (C=O) groups excluding carboxylic acids is 1. The van der Waals surface area contributed by atoms with Crippen LogP contribution in [0.3, 0.4) is 0 Å². The van der Waals surface area contributed by atoms with Crippen molar-refractivity contribution in [3.63, 3.8) is 0 Å². The molecule has 2 saturated heterocycles. The summed E-state index contributed by atoms with van der Waals surface area (Å²) < 4.78 is 37.4. The highest BCUT2D eigenvalue weighted by atomic mass is 32.2. The number of halogens is 2. The van der Waals surface area contributed by atoms with E-state index in [2.05, 4.69) is 9.97 Å². The summed E-state index contributed by atoms with van der Waals surface area (Å²) in [5.74, 6) is -0.139. The van der Waals surface area contributed by atoms with Gasteiger partial charge in [-0.2, -0.15) is 0 Å². The lowest BCUT2D eigenvalue weighted by molar-refractivity contribution is -0.151. The van der Waals surface area contributed by atoms with E-state index in [-0.39, 0.29) is 34.4 Å². The number of aromatic nitrogens is 2. The number of benzene rings is 1. The maximum Gasteiger partial charge on any atom is 0.280 e. The number of hydrogen-bond donors (Lipinski definition) is 0. The van der Waals surface area contributed by atoms with Crippen molar-refractivity contribution >= 4 is 17.5 Å². The molecule has 136 valence electrons. The number of hydrogen-bond acceptors (Lipinski definition) is 6. The molecule has 2 bridgehead atoms. The third kappa shape index (κ3) is 3.49. The summed E-state index contributed by atoms with van der Waals surface area (Å²) in [4.78, 5) is 20.3. The van der Waals surface area contributed by atoms with Gasteiger partial charge in [-0.3, -0.25) is 4.79 Å². The first-order valence-electron chi connectivity index (χ1n) is 8.20. The number of nitrogens with zero attached hydrogens (tertiary/aromatic N) is 2. The molecule has 3 heterocycles. The molecule has 2 fully saturated rings. The summed E-state index contributed by atoms with van der Waals surface area (Å²) in [6.45, 7) is 2.26. The number of Topliss-reactive ketones (excluding diaryl/α,β-unsaturated/α-hetero) is 1. The second-order valence-electron chi connectivity index (χ2n) is 6.29. The predicted molar refractivity (Wildman–Crippen MR) is 91.0 cm³/mol. The number of rotatable bonds is 4. The van der Waals surface area contributed by atoms with Crippen LogP contribution in [0.15, 0.2) is 35.5 Å². The van der Waals surface area contributed by atoms with E-state index >= 15 is 0 Å². The van der Waals surface area contributed by atoms with Crippen molar-refractivity contribution in [1.29, 1.82) is 0 Å². The highest BCUT2D eigenvalue weighted by Crippen LogP contribution is 2.36. The molecule has 1 aromatic carbocycles. The van der Waals surface area contributed by atoms with Gasteiger partial charge in [0.1, 0.15) is 5.69 Å². The molecule has 3 atom stereocenters. The summed E-state index contributed by atoms with van der Waals surface area (Å²) in [6.07, 6.45) is -3.50. The summed E-state index contributed by atoms with van der Waals surface area (Å²) in [7, 11) is 0. The monoisotopic (exact) mass is 378 g/mol. The summed E-state index contributed by atoms with van der Waals surface area (Å²) in [5.41, 5.74) is 1.91. The van der Waals surface area contributed by atoms with Gasteiger partial charge in [0.25, 0.3) is 6.43 Å². The Morgan fingerprint density at radius 3 is 2.73 bits per heavy atom. The Bertz CT molecular complexity index is 832. The van der Waals surface area contributed by atoms with Gasteiger partial charge < -0.3 is 9.47 Å². The lowest BCUT2D eigenvalue weighted by Crippen LogP contribution is -2.37. The molecule has 2 aliphatic rings. The van der Waals surface area contributed by atoms with Crippen molar-refractivity contribution in [2.75, 3.05) is 6.61 Å². The fraction of sp³-hybridized carbons (Fsp3) is 0.389. The molecule has 2 aromatic rings. The third-order valence-corrected chi connectivity index (χ3v) is 5.51. The predicted octanol–water partition coefficient (Wildman–Crippen LogP) is 3.56. The zero-order valence-corrected chi connectivity index (χ0v) is 14.7. The van der Waals surface area contributed by atoms with Crippen LogP contribution in [0.1, 0.15) is 24.1 Å². The fourth-order valence-electron chi connectivity index (χ4n) is 2.94. The molecule has 8 heteroatoms. The van der Waals surface area contributed by atoms with Gasteiger partial charge in [0.15, 0.2) is 10.9 Å². The highest BCUT2D eigenvalue weighted by Gasteiger charge is 2.44. The number of carbonyl (C=O) groups is 1. The Labute approximate surface area is 153 Å². The van der Waals surface area contributed by atoms with E-state index in [1.165, 1.54) is 17.8 Å². The van der Waals surface area contributed by atoms with Crippen LogP contribution in [0.5, 0.6) is 0 Å². The minimum Gasteiger partial charge on any atom is -0.343 e. The topological polar surface area (TPSA) is 61.3 Å². The second kappa shape index (κ2) is 7.02. The second-order valence-corrected chi connectivity index (χ2v) is 7.50. The van der Waals surface area contributed by atoms with Crippen molar-refractivity contribution in [2.45, 2.75) is 42.6 Å². The SMILES string of the molecule is Cc1ccc(-c2cc(C(F)F)nc(S[C@@H]3CC(=O)[C@H]4OC[C@@H]3O4)n2)cc1. The smallest absolute Gasteiger partial charge is 0.280 e. The van der Waals surface area contributed by atoms with Gasteiger partial charge in [0.05, 0.1) is 18.4 Å². The van der Waals surface area contributed by atoms with Crippen molar-refractivity contribution in [3.8, 4) is 11.3 Å². The molecule has 0 unspecified atom stereocenters. The van der Waals surface area contributed by atoms with E-state index in [4.69, 9.17) is 9.47 Å². The Balaban J connectivity index is 1.65. The standard InChI is InChI=1S/C18H16F2N2O3S/c1-9-2-4-10(5-3-9)11-6-12(16(19)20)22-18(21-11)26-15-7-13(23)17-24-8-14(15)25-17/h2-6,14-17H,7-8H2,1H3/t14-,15+,17-/m0/s1. The Hall–Kier alpha value is -1.90. The molecule has 0 saturated carbocycles. The number of alkyl halides is 2. The number of thioether (sulfide) groups is 1. The van der Waals surface area contributed by atoms with E-state index in [1.54, 1.807) is 0 Å². The molecular weight excluding hydrogens is 362 g/mol. The van der Waals surface area contributed by atoms with Crippen LogP contribution in [-0.4, -0.2) is 40.0 Å². The molecule has 0 radical (unpaired) electrons. The largest absolute Gasteiger partial charge is 0.343 e. The maximum atomic E-state index is 13.3. The first-order valence-corrected chi connectivity index (χ1v) is 9.08. The molecular formula is C18H16F2N2O3S. The van der Waals surface area contributed by atoms with Gasteiger partial charge >= 0.3 is 0 Å². The first-order chi connectivity index (χ1) is 12.5. The van der Waals surface area contributed by atoms with Crippen LogP contribution < -0.4 is 0 Å². The van der Waals surface area contributed by atoms with Gasteiger partial charge in [0, 0.05) is 17.2 Å². The normalized spacial score (nSPS) is 25.1. The van der Waals surface area contributed by atoms with Gasteiger partial charge in [-0.05, 0) is 13.0 Å². The summed E-state index contributed by atoms with van der Waals surface area (Å²) in [6, 6.07) is 8.77. The fourth-order valence-corrected chi connectivity index (χ4v) is 4.06. The van der Waals surface area contributed by atoms with E-state index < -0.39 is 12.7 Å². The van der Waals surface area contributed by atoms with Gasteiger partial charge in [-0.15, -0.1) is 0 Å². The summed E-state index contributed by atoms with van der Waals surface area (Å²) >= 11 is 1.19. The molecule has 26 heavy (non-hydrogen) atoms. The van der Waals surface area contributed by atoms with E-state index in [9.17, 15) is 13.6 Å². The first kappa shape index (κ1) is 17.5. The van der Waals surface area contributed by atoms with E-state index in [1.807, 2.05) is 31.2 Å². The average molecular weight is 378 g/mol. The summed E-state index contributed by atoms with van der Waals surface area (Å²) in [5, 5.41) is -0.0369. The minimum absolute atomic E-state index is 0.139. The third-order valence-electron chi connectivity index (χ3n) is 4.34. The molecule has 4 rings (SSSR count).